The molecule has 128 valence electrons. The zero-order valence-corrected chi connectivity index (χ0v) is 14.9. The van der Waals surface area contributed by atoms with Gasteiger partial charge in [0.25, 0.3) is 0 Å². The van der Waals surface area contributed by atoms with Crippen molar-refractivity contribution in [2.24, 2.45) is 0 Å². The molecule has 1 saturated heterocycles. The van der Waals surface area contributed by atoms with Crippen molar-refractivity contribution in [3.63, 3.8) is 0 Å². The molecule has 3 rings (SSSR count). The molecule has 2 N–H and O–H groups in total. The zero-order valence-electron chi connectivity index (χ0n) is 13.3. The van der Waals surface area contributed by atoms with E-state index in [0.717, 1.165) is 28.9 Å². The van der Waals surface area contributed by atoms with Crippen LogP contribution in [0.2, 0.25) is 0 Å². The van der Waals surface area contributed by atoms with Crippen LogP contribution in [0.5, 0.6) is 0 Å². The van der Waals surface area contributed by atoms with Gasteiger partial charge in [-0.3, -0.25) is 4.79 Å². The Bertz CT molecular complexity index is 499. The number of hydrogen-bond donors (Lipinski definition) is 2. The summed E-state index contributed by atoms with van der Waals surface area (Å²) in [4.78, 5) is 11.9. The Labute approximate surface area is 145 Å². The van der Waals surface area contributed by atoms with Crippen molar-refractivity contribution >= 4 is 34.1 Å². The van der Waals surface area contributed by atoms with Crippen molar-refractivity contribution in [3.05, 3.63) is 0 Å². The number of carbonyl (C=O) groups is 1. The smallest absolute Gasteiger partial charge is 0.230 e. The minimum absolute atomic E-state index is 0.0301. The van der Waals surface area contributed by atoms with Crippen LogP contribution in [0.1, 0.15) is 44.9 Å². The third-order valence-corrected chi connectivity index (χ3v) is 6.20. The van der Waals surface area contributed by atoms with Crippen molar-refractivity contribution in [1.29, 1.82) is 0 Å². The highest BCUT2D eigenvalue weighted by Crippen LogP contribution is 2.28. The number of nitrogens with one attached hydrogen (secondary N) is 2. The molecule has 0 bridgehead atoms. The fraction of sp³-hybridized carbons (Fsp3) is 0.800. The number of aromatic nitrogens is 2. The molecule has 0 radical (unpaired) electrons. The van der Waals surface area contributed by atoms with E-state index in [1.165, 1.54) is 55.2 Å². The first kappa shape index (κ1) is 17.0. The number of nitrogens with zero attached hydrogens (tertiary/aromatic N) is 2. The lowest BCUT2D eigenvalue weighted by Gasteiger charge is -2.21. The first-order valence-corrected chi connectivity index (χ1v) is 10.2. The molecule has 1 saturated carbocycles. The van der Waals surface area contributed by atoms with Crippen molar-refractivity contribution in [2.45, 2.75) is 61.4 Å². The molecule has 0 aromatic carbocycles. The lowest BCUT2D eigenvalue weighted by molar-refractivity contribution is -0.119. The molecule has 1 aromatic heterocycles. The van der Waals surface area contributed by atoms with E-state index < -0.39 is 0 Å². The Kier molecular flexibility index (Phi) is 6.53. The summed E-state index contributed by atoms with van der Waals surface area (Å²) in [6.45, 7) is 1.43. The minimum Gasteiger partial charge on any atom is -0.376 e. The van der Waals surface area contributed by atoms with Gasteiger partial charge in [0.1, 0.15) is 0 Å². The van der Waals surface area contributed by atoms with E-state index in [1.807, 2.05) is 0 Å². The molecule has 8 heteroatoms. The second-order valence-electron chi connectivity index (χ2n) is 6.08. The molecule has 1 aromatic rings. The fourth-order valence-corrected chi connectivity index (χ4v) is 4.62. The van der Waals surface area contributed by atoms with E-state index >= 15 is 0 Å². The summed E-state index contributed by atoms with van der Waals surface area (Å²) in [5.74, 6) is 0.410. The van der Waals surface area contributed by atoms with E-state index in [4.69, 9.17) is 4.74 Å². The van der Waals surface area contributed by atoms with Gasteiger partial charge in [0, 0.05) is 19.2 Å². The molecule has 2 aliphatic rings. The van der Waals surface area contributed by atoms with Gasteiger partial charge in [-0.25, -0.2) is 0 Å². The molecule has 1 aliphatic carbocycles. The Morgan fingerprint density at radius 2 is 2.09 bits per heavy atom. The van der Waals surface area contributed by atoms with Gasteiger partial charge in [0.2, 0.25) is 11.0 Å². The molecule has 0 spiro atoms. The minimum atomic E-state index is 0.0301. The molecule has 6 nitrogen and oxygen atoms in total. The third kappa shape index (κ3) is 5.61. The van der Waals surface area contributed by atoms with E-state index in [0.29, 0.717) is 18.3 Å². The van der Waals surface area contributed by atoms with Crippen LogP contribution in [0.3, 0.4) is 0 Å². The molecular formula is C15H24N4O2S2. The molecule has 0 unspecified atom stereocenters. The summed E-state index contributed by atoms with van der Waals surface area (Å²) in [6.07, 6.45) is 8.69. The topological polar surface area (TPSA) is 76.1 Å². The normalized spacial score (nSPS) is 22.2. The first-order valence-electron chi connectivity index (χ1n) is 8.41. The summed E-state index contributed by atoms with van der Waals surface area (Å²) < 4.78 is 6.33. The van der Waals surface area contributed by atoms with Crippen molar-refractivity contribution in [3.8, 4) is 0 Å². The zero-order chi connectivity index (χ0) is 15.9. The van der Waals surface area contributed by atoms with Crippen molar-refractivity contribution < 1.29 is 9.53 Å². The second kappa shape index (κ2) is 8.84. The molecule has 1 atom stereocenters. The number of hydrogen-bond acceptors (Lipinski definition) is 7. The summed E-state index contributed by atoms with van der Waals surface area (Å²) >= 11 is 2.98. The molecule has 23 heavy (non-hydrogen) atoms. The molecule has 1 amide bonds. The molecule has 1 aliphatic heterocycles. The van der Waals surface area contributed by atoms with Gasteiger partial charge in [0.15, 0.2) is 4.34 Å². The maximum atomic E-state index is 11.9. The predicted octanol–water partition coefficient (Wildman–Crippen LogP) is 2.67. The SMILES string of the molecule is O=C(CSc1nnc(NC2CCCCC2)s1)NC[C@H]1CCCO1. The summed E-state index contributed by atoms with van der Waals surface area (Å²) in [5, 5.41) is 15.6. The van der Waals surface area contributed by atoms with Crippen molar-refractivity contribution in [2.75, 3.05) is 24.2 Å². The molecule has 2 heterocycles. The van der Waals surface area contributed by atoms with Crippen molar-refractivity contribution in [1.82, 2.24) is 15.5 Å². The molecular weight excluding hydrogens is 332 g/mol. The number of thioether (sulfide) groups is 1. The number of amides is 1. The van der Waals surface area contributed by atoms with Crippen LogP contribution in [0.15, 0.2) is 4.34 Å². The highest BCUT2D eigenvalue weighted by atomic mass is 32.2. The molecule has 2 fully saturated rings. The van der Waals surface area contributed by atoms with Crippen LogP contribution in [-0.2, 0) is 9.53 Å². The first-order chi connectivity index (χ1) is 11.3. The Hall–Kier alpha value is -0.860. The Morgan fingerprint density at radius 1 is 1.22 bits per heavy atom. The van der Waals surface area contributed by atoms with Crippen LogP contribution >= 0.6 is 23.1 Å². The number of rotatable bonds is 7. The van der Waals surface area contributed by atoms with Crippen LogP contribution < -0.4 is 10.6 Å². The lowest BCUT2D eigenvalue weighted by Crippen LogP contribution is -2.32. The van der Waals surface area contributed by atoms with Crippen LogP contribution in [0, 0.1) is 0 Å². The fourth-order valence-electron chi connectivity index (χ4n) is 2.96. The van der Waals surface area contributed by atoms with Gasteiger partial charge in [-0.15, -0.1) is 10.2 Å². The Balaban J connectivity index is 1.35. The van der Waals surface area contributed by atoms with Gasteiger partial charge in [-0.2, -0.15) is 0 Å². The van der Waals surface area contributed by atoms with E-state index in [1.54, 1.807) is 0 Å². The quantitative estimate of drug-likeness (QED) is 0.732. The average Bonchev–Trinajstić information content (AvgIpc) is 3.24. The summed E-state index contributed by atoms with van der Waals surface area (Å²) in [5.41, 5.74) is 0. The lowest BCUT2D eigenvalue weighted by atomic mass is 9.96. The van der Waals surface area contributed by atoms with Gasteiger partial charge in [-0.05, 0) is 25.7 Å². The summed E-state index contributed by atoms with van der Waals surface area (Å²) in [6, 6.07) is 0.532. The largest absolute Gasteiger partial charge is 0.376 e. The van der Waals surface area contributed by atoms with E-state index in [2.05, 4.69) is 20.8 Å². The number of anilines is 1. The standard InChI is InChI=1S/C15H24N4O2S2/c20-13(16-9-12-7-4-8-21-12)10-22-15-19-18-14(23-15)17-11-5-2-1-3-6-11/h11-12H,1-10H2,(H,16,20)(H,17,18)/t12-/m1/s1. The predicted molar refractivity (Wildman–Crippen MR) is 93.1 cm³/mol. The van der Waals surface area contributed by atoms with Crippen LogP contribution in [-0.4, -0.2) is 47.2 Å². The average molecular weight is 357 g/mol. The van der Waals surface area contributed by atoms with Gasteiger partial charge < -0.3 is 15.4 Å². The van der Waals surface area contributed by atoms with Crippen LogP contribution in [0.25, 0.3) is 0 Å². The maximum absolute atomic E-state index is 11.9. The third-order valence-electron chi connectivity index (χ3n) is 4.22. The Morgan fingerprint density at radius 3 is 2.87 bits per heavy atom. The summed E-state index contributed by atoms with van der Waals surface area (Å²) in [7, 11) is 0. The monoisotopic (exact) mass is 356 g/mol. The van der Waals surface area contributed by atoms with Crippen LogP contribution in [0.4, 0.5) is 5.13 Å². The van der Waals surface area contributed by atoms with Gasteiger partial charge in [-0.1, -0.05) is 42.4 Å². The van der Waals surface area contributed by atoms with Gasteiger partial charge >= 0.3 is 0 Å². The highest BCUT2D eigenvalue weighted by molar-refractivity contribution is 8.01. The second-order valence-corrected chi connectivity index (χ2v) is 8.28. The maximum Gasteiger partial charge on any atom is 0.230 e. The highest BCUT2D eigenvalue weighted by Gasteiger charge is 2.17. The van der Waals surface area contributed by atoms with Gasteiger partial charge in [0.05, 0.1) is 11.9 Å². The number of ether oxygens (including phenoxy) is 1. The number of carbonyl (C=O) groups excluding carboxylic acids is 1. The van der Waals surface area contributed by atoms with E-state index in [-0.39, 0.29) is 12.0 Å². The van der Waals surface area contributed by atoms with E-state index in [9.17, 15) is 4.79 Å².